The lowest BCUT2D eigenvalue weighted by atomic mass is 9.97. The van der Waals surface area contributed by atoms with Crippen LogP contribution in [0.1, 0.15) is 46.3 Å². The van der Waals surface area contributed by atoms with Crippen molar-refractivity contribution in [1.82, 2.24) is 4.98 Å². The fraction of sp³-hybridized carbons (Fsp3) is 0.360. The minimum absolute atomic E-state index is 0.0517. The number of ether oxygens (including phenoxy) is 1. The number of anilines is 1. The molecular formula is C25H25N3O5. The second-order valence-electron chi connectivity index (χ2n) is 8.70. The molecule has 2 aliphatic rings. The smallest absolute Gasteiger partial charge is 0.336 e. The maximum Gasteiger partial charge on any atom is 0.336 e. The van der Waals surface area contributed by atoms with E-state index in [1.807, 2.05) is 6.07 Å². The first kappa shape index (κ1) is 21.2. The number of amides is 1. The van der Waals surface area contributed by atoms with E-state index in [4.69, 9.17) is 14.9 Å². The average Bonchev–Trinajstić information content (AvgIpc) is 3.28. The molecule has 0 bridgehead atoms. The Morgan fingerprint density at radius 3 is 2.58 bits per heavy atom. The number of aryl methyl sites for hydroxylation is 2. The van der Waals surface area contributed by atoms with Gasteiger partial charge in [0.1, 0.15) is 18.0 Å². The summed E-state index contributed by atoms with van der Waals surface area (Å²) >= 11 is 0. The molecule has 1 aromatic carbocycles. The summed E-state index contributed by atoms with van der Waals surface area (Å²) in [6.45, 7) is 1.37. The molecule has 1 fully saturated rings. The molecule has 3 aromatic rings. The highest BCUT2D eigenvalue weighted by Gasteiger charge is 2.27. The van der Waals surface area contributed by atoms with Gasteiger partial charge in [-0.3, -0.25) is 9.59 Å². The van der Waals surface area contributed by atoms with Crippen LogP contribution in [-0.4, -0.2) is 29.9 Å². The molecule has 0 unspecified atom stereocenters. The number of fused-ring (bicyclic) bond motifs is 2. The van der Waals surface area contributed by atoms with Gasteiger partial charge in [-0.1, -0.05) is 0 Å². The molecule has 0 saturated carbocycles. The third kappa shape index (κ3) is 4.33. The monoisotopic (exact) mass is 447 g/mol. The van der Waals surface area contributed by atoms with Gasteiger partial charge in [-0.15, -0.1) is 0 Å². The van der Waals surface area contributed by atoms with Crippen molar-refractivity contribution >= 4 is 28.7 Å². The molecule has 1 amide bonds. The van der Waals surface area contributed by atoms with E-state index in [9.17, 15) is 14.4 Å². The van der Waals surface area contributed by atoms with Gasteiger partial charge in [0.2, 0.25) is 5.91 Å². The number of carbonyl (C=O) groups excluding carboxylic acids is 2. The maximum atomic E-state index is 12.7. The predicted octanol–water partition coefficient (Wildman–Crippen LogP) is 2.74. The number of nitrogens with zero attached hydrogens (tertiary/aromatic N) is 2. The third-order valence-corrected chi connectivity index (χ3v) is 6.60. The molecule has 5 rings (SSSR count). The van der Waals surface area contributed by atoms with Gasteiger partial charge >= 0.3 is 11.6 Å². The Labute approximate surface area is 190 Å². The molecule has 33 heavy (non-hydrogen) atoms. The zero-order valence-electron chi connectivity index (χ0n) is 18.2. The third-order valence-electron chi connectivity index (χ3n) is 6.60. The van der Waals surface area contributed by atoms with Crippen LogP contribution in [-0.2, 0) is 29.0 Å². The first-order chi connectivity index (χ1) is 16.0. The molecule has 0 radical (unpaired) electrons. The van der Waals surface area contributed by atoms with Crippen LogP contribution in [0.25, 0.3) is 11.0 Å². The SMILES string of the molecule is NC(=O)c1ccc(N2CCC(C(=O)OCc3cc(=O)oc4cc5c(cc34)CCC5)CC2)nc1. The molecular weight excluding hydrogens is 422 g/mol. The summed E-state index contributed by atoms with van der Waals surface area (Å²) in [5.41, 5.74) is 8.92. The van der Waals surface area contributed by atoms with Crippen molar-refractivity contribution in [3.8, 4) is 0 Å². The number of hydrogen-bond donors (Lipinski definition) is 1. The molecule has 1 aliphatic heterocycles. The summed E-state index contributed by atoms with van der Waals surface area (Å²) in [6.07, 6.45) is 5.87. The fourth-order valence-corrected chi connectivity index (χ4v) is 4.74. The van der Waals surface area contributed by atoms with Gasteiger partial charge in [-0.05, 0) is 67.5 Å². The Kier molecular flexibility index (Phi) is 5.58. The number of piperidine rings is 1. The summed E-state index contributed by atoms with van der Waals surface area (Å²) in [4.78, 5) is 42.4. The molecule has 1 saturated heterocycles. The highest BCUT2D eigenvalue weighted by molar-refractivity contribution is 5.92. The predicted molar refractivity (Wildman–Crippen MR) is 122 cm³/mol. The van der Waals surface area contributed by atoms with Crippen LogP contribution in [0.4, 0.5) is 5.82 Å². The van der Waals surface area contributed by atoms with Crippen LogP contribution in [0.2, 0.25) is 0 Å². The van der Waals surface area contributed by atoms with Crippen molar-refractivity contribution in [2.24, 2.45) is 11.7 Å². The fourth-order valence-electron chi connectivity index (χ4n) is 4.74. The van der Waals surface area contributed by atoms with Gasteiger partial charge < -0.3 is 19.8 Å². The molecule has 0 spiro atoms. The van der Waals surface area contributed by atoms with Crippen molar-refractivity contribution in [2.45, 2.75) is 38.7 Å². The van der Waals surface area contributed by atoms with E-state index in [1.54, 1.807) is 12.1 Å². The second kappa shape index (κ2) is 8.69. The van der Waals surface area contributed by atoms with E-state index in [1.165, 1.54) is 23.4 Å². The highest BCUT2D eigenvalue weighted by atomic mass is 16.5. The van der Waals surface area contributed by atoms with Gasteiger partial charge in [0, 0.05) is 36.3 Å². The number of esters is 1. The summed E-state index contributed by atoms with van der Waals surface area (Å²) in [5.74, 6) is -0.221. The minimum Gasteiger partial charge on any atom is -0.461 e. The van der Waals surface area contributed by atoms with Gasteiger partial charge in [0.25, 0.3) is 0 Å². The zero-order valence-corrected chi connectivity index (χ0v) is 18.2. The Morgan fingerprint density at radius 2 is 1.88 bits per heavy atom. The van der Waals surface area contributed by atoms with E-state index in [2.05, 4.69) is 16.0 Å². The summed E-state index contributed by atoms with van der Waals surface area (Å²) < 4.78 is 11.0. The van der Waals surface area contributed by atoms with E-state index in [0.717, 1.165) is 30.5 Å². The van der Waals surface area contributed by atoms with E-state index >= 15 is 0 Å². The number of pyridine rings is 1. The van der Waals surface area contributed by atoms with Gasteiger partial charge in [-0.25, -0.2) is 9.78 Å². The van der Waals surface area contributed by atoms with Crippen LogP contribution in [0.3, 0.4) is 0 Å². The van der Waals surface area contributed by atoms with Crippen molar-refractivity contribution in [2.75, 3.05) is 18.0 Å². The normalized spacial score (nSPS) is 16.1. The lowest BCUT2D eigenvalue weighted by Gasteiger charge is -2.31. The number of benzene rings is 1. The van der Waals surface area contributed by atoms with Crippen LogP contribution in [0.5, 0.6) is 0 Å². The standard InChI is InChI=1S/C25H25N3O5/c26-24(30)18-4-5-22(27-13-18)28-8-6-15(7-9-28)25(31)32-14-19-12-23(29)33-21-11-17-3-1-2-16(17)10-20(19)21/h4-5,10-13,15H,1-3,6-9,14H2,(H2,26,30). The first-order valence-electron chi connectivity index (χ1n) is 11.2. The zero-order chi connectivity index (χ0) is 22.9. The molecule has 1 aliphatic carbocycles. The number of primary amides is 1. The molecule has 2 aromatic heterocycles. The van der Waals surface area contributed by atoms with Gasteiger partial charge in [0.05, 0.1) is 11.5 Å². The van der Waals surface area contributed by atoms with Crippen LogP contribution in [0.15, 0.2) is 45.7 Å². The summed E-state index contributed by atoms with van der Waals surface area (Å²) in [6, 6.07) is 8.85. The lowest BCUT2D eigenvalue weighted by Crippen LogP contribution is -2.37. The van der Waals surface area contributed by atoms with Gasteiger partial charge in [0.15, 0.2) is 0 Å². The van der Waals surface area contributed by atoms with Crippen LogP contribution in [0, 0.1) is 5.92 Å². The highest BCUT2D eigenvalue weighted by Crippen LogP contribution is 2.29. The Hall–Kier alpha value is -3.68. The molecule has 0 atom stereocenters. The van der Waals surface area contributed by atoms with Crippen molar-refractivity contribution in [3.05, 3.63) is 69.2 Å². The minimum atomic E-state index is -0.510. The number of aromatic nitrogens is 1. The average molecular weight is 447 g/mol. The summed E-state index contributed by atoms with van der Waals surface area (Å²) in [7, 11) is 0. The van der Waals surface area contributed by atoms with Crippen molar-refractivity contribution < 1.29 is 18.7 Å². The number of rotatable bonds is 5. The van der Waals surface area contributed by atoms with Gasteiger partial charge in [-0.2, -0.15) is 0 Å². The van der Waals surface area contributed by atoms with Crippen LogP contribution < -0.4 is 16.3 Å². The number of nitrogens with two attached hydrogens (primary N) is 1. The first-order valence-corrected chi connectivity index (χ1v) is 11.2. The van der Waals surface area contributed by atoms with Crippen molar-refractivity contribution in [1.29, 1.82) is 0 Å². The quantitative estimate of drug-likeness (QED) is 0.472. The Bertz CT molecular complexity index is 1270. The number of carbonyl (C=O) groups is 2. The van der Waals surface area contributed by atoms with Crippen LogP contribution >= 0.6 is 0 Å². The Morgan fingerprint density at radius 1 is 1.12 bits per heavy atom. The molecule has 8 nitrogen and oxygen atoms in total. The molecule has 2 N–H and O–H groups in total. The molecule has 8 heteroatoms. The lowest BCUT2D eigenvalue weighted by molar-refractivity contribution is -0.150. The van der Waals surface area contributed by atoms with E-state index in [-0.39, 0.29) is 18.5 Å². The van der Waals surface area contributed by atoms with Crippen molar-refractivity contribution in [3.63, 3.8) is 0 Å². The molecule has 170 valence electrons. The second-order valence-corrected chi connectivity index (χ2v) is 8.70. The maximum absolute atomic E-state index is 12.7. The topological polar surface area (TPSA) is 116 Å². The largest absolute Gasteiger partial charge is 0.461 e. The Balaban J connectivity index is 1.22. The van der Waals surface area contributed by atoms with E-state index < -0.39 is 11.5 Å². The van der Waals surface area contributed by atoms with E-state index in [0.29, 0.717) is 42.6 Å². The summed E-state index contributed by atoms with van der Waals surface area (Å²) in [5, 5.41) is 0.836. The molecule has 3 heterocycles. The number of hydrogen-bond acceptors (Lipinski definition) is 7.